The van der Waals surface area contributed by atoms with Crippen LogP contribution in [0.25, 0.3) is 11.0 Å². The minimum Gasteiger partial charge on any atom is -0.349 e. The van der Waals surface area contributed by atoms with Crippen molar-refractivity contribution < 1.29 is 9.59 Å². The van der Waals surface area contributed by atoms with Crippen LogP contribution < -0.4 is 10.6 Å². The number of hydrogen-bond acceptors (Lipinski definition) is 3. The van der Waals surface area contributed by atoms with Crippen molar-refractivity contribution in [1.82, 2.24) is 14.9 Å². The van der Waals surface area contributed by atoms with Gasteiger partial charge in [0.15, 0.2) is 0 Å². The van der Waals surface area contributed by atoms with Crippen molar-refractivity contribution in [2.75, 3.05) is 11.9 Å². The SMILES string of the molecule is C=CCNC(=O)c1cn(C)c2ncc(NC(C)=O)cc12. The molecule has 0 fully saturated rings. The summed E-state index contributed by atoms with van der Waals surface area (Å²) in [5.41, 5.74) is 1.76. The Morgan fingerprint density at radius 3 is 2.90 bits per heavy atom. The first kappa shape index (κ1) is 13.8. The van der Waals surface area contributed by atoms with Crippen molar-refractivity contribution >= 4 is 28.5 Å². The zero-order valence-electron chi connectivity index (χ0n) is 11.4. The van der Waals surface area contributed by atoms with Gasteiger partial charge in [0, 0.05) is 32.1 Å². The number of rotatable bonds is 4. The van der Waals surface area contributed by atoms with Crippen LogP contribution in [-0.4, -0.2) is 27.9 Å². The maximum Gasteiger partial charge on any atom is 0.253 e. The molecule has 0 saturated heterocycles. The van der Waals surface area contributed by atoms with Crippen LogP contribution in [0.4, 0.5) is 5.69 Å². The molecular formula is C14H16N4O2. The molecule has 2 amide bonds. The van der Waals surface area contributed by atoms with Gasteiger partial charge in [-0.3, -0.25) is 9.59 Å². The maximum absolute atomic E-state index is 12.1. The van der Waals surface area contributed by atoms with E-state index in [4.69, 9.17) is 0 Å². The van der Waals surface area contributed by atoms with E-state index in [1.165, 1.54) is 6.92 Å². The summed E-state index contributed by atoms with van der Waals surface area (Å²) in [6.07, 6.45) is 4.90. The van der Waals surface area contributed by atoms with E-state index in [9.17, 15) is 9.59 Å². The van der Waals surface area contributed by atoms with Crippen LogP contribution in [0, 0.1) is 0 Å². The minimum absolute atomic E-state index is 0.181. The predicted octanol–water partition coefficient (Wildman–Crippen LogP) is 1.45. The van der Waals surface area contributed by atoms with Gasteiger partial charge in [0.1, 0.15) is 5.65 Å². The number of aryl methyl sites for hydroxylation is 1. The Balaban J connectivity index is 2.45. The quantitative estimate of drug-likeness (QED) is 0.827. The van der Waals surface area contributed by atoms with Crippen molar-refractivity contribution in [3.63, 3.8) is 0 Å². The highest BCUT2D eigenvalue weighted by atomic mass is 16.2. The third-order valence-electron chi connectivity index (χ3n) is 2.79. The molecular weight excluding hydrogens is 256 g/mol. The number of aromatic nitrogens is 2. The summed E-state index contributed by atoms with van der Waals surface area (Å²) < 4.78 is 1.77. The highest BCUT2D eigenvalue weighted by Gasteiger charge is 2.15. The molecule has 2 N–H and O–H groups in total. The summed E-state index contributed by atoms with van der Waals surface area (Å²) in [5, 5.41) is 6.08. The molecule has 0 unspecified atom stereocenters. The Bertz CT molecular complexity index is 688. The van der Waals surface area contributed by atoms with Gasteiger partial charge < -0.3 is 15.2 Å². The van der Waals surface area contributed by atoms with Gasteiger partial charge in [-0.2, -0.15) is 0 Å². The normalized spacial score (nSPS) is 10.3. The van der Waals surface area contributed by atoms with Gasteiger partial charge in [-0.15, -0.1) is 6.58 Å². The Morgan fingerprint density at radius 1 is 1.50 bits per heavy atom. The van der Waals surface area contributed by atoms with Gasteiger partial charge in [-0.25, -0.2) is 4.98 Å². The third-order valence-corrected chi connectivity index (χ3v) is 2.79. The van der Waals surface area contributed by atoms with Gasteiger partial charge in [-0.1, -0.05) is 6.08 Å². The molecule has 6 nitrogen and oxygen atoms in total. The van der Waals surface area contributed by atoms with E-state index in [-0.39, 0.29) is 11.8 Å². The van der Waals surface area contributed by atoms with Crippen LogP contribution in [0.2, 0.25) is 0 Å². The molecule has 0 aliphatic rings. The standard InChI is InChI=1S/C14H16N4O2/c1-4-5-15-14(20)12-8-18(3)13-11(12)6-10(7-16-13)17-9(2)19/h4,6-8H,1,5H2,2-3H3,(H,15,20)(H,17,19). The van der Waals surface area contributed by atoms with Gasteiger partial charge >= 0.3 is 0 Å². The monoisotopic (exact) mass is 272 g/mol. The topological polar surface area (TPSA) is 76.0 Å². The molecule has 2 aromatic heterocycles. The second-order valence-electron chi connectivity index (χ2n) is 4.43. The Kier molecular flexibility index (Phi) is 3.84. The summed E-state index contributed by atoms with van der Waals surface area (Å²) >= 11 is 0. The summed E-state index contributed by atoms with van der Waals surface area (Å²) in [4.78, 5) is 27.4. The summed E-state index contributed by atoms with van der Waals surface area (Å²) in [6.45, 7) is 5.38. The number of amides is 2. The number of fused-ring (bicyclic) bond motifs is 1. The molecule has 0 atom stereocenters. The van der Waals surface area contributed by atoms with Crippen LogP contribution in [0.1, 0.15) is 17.3 Å². The molecule has 0 radical (unpaired) electrons. The molecule has 0 aromatic carbocycles. The van der Waals surface area contributed by atoms with Crippen molar-refractivity contribution in [3.05, 3.63) is 36.7 Å². The van der Waals surface area contributed by atoms with E-state index in [0.717, 1.165) is 0 Å². The zero-order valence-corrected chi connectivity index (χ0v) is 11.4. The highest BCUT2D eigenvalue weighted by molar-refractivity contribution is 6.07. The van der Waals surface area contributed by atoms with E-state index in [2.05, 4.69) is 22.2 Å². The highest BCUT2D eigenvalue weighted by Crippen LogP contribution is 2.22. The van der Waals surface area contributed by atoms with Crippen LogP contribution >= 0.6 is 0 Å². The first-order valence-corrected chi connectivity index (χ1v) is 6.14. The number of carbonyl (C=O) groups is 2. The lowest BCUT2D eigenvalue weighted by Gasteiger charge is -2.03. The molecule has 104 valence electrons. The van der Waals surface area contributed by atoms with Crippen LogP contribution in [0.15, 0.2) is 31.1 Å². The third kappa shape index (κ3) is 2.69. The Hall–Kier alpha value is -2.63. The second kappa shape index (κ2) is 5.56. The van der Waals surface area contributed by atoms with E-state index >= 15 is 0 Å². The van der Waals surface area contributed by atoms with Crippen molar-refractivity contribution in [2.24, 2.45) is 7.05 Å². The average molecular weight is 272 g/mol. The fourth-order valence-corrected chi connectivity index (χ4v) is 1.97. The molecule has 2 aromatic rings. The molecule has 0 spiro atoms. The van der Waals surface area contributed by atoms with E-state index in [1.807, 2.05) is 7.05 Å². The molecule has 2 rings (SSSR count). The van der Waals surface area contributed by atoms with Crippen LogP contribution in [0.3, 0.4) is 0 Å². The first-order chi connectivity index (χ1) is 9.52. The molecule has 0 aliphatic heterocycles. The predicted molar refractivity (Wildman–Crippen MR) is 77.5 cm³/mol. The minimum atomic E-state index is -0.197. The van der Waals surface area contributed by atoms with Crippen LogP contribution in [0.5, 0.6) is 0 Å². The van der Waals surface area contributed by atoms with Crippen LogP contribution in [-0.2, 0) is 11.8 Å². The first-order valence-electron chi connectivity index (χ1n) is 6.14. The average Bonchev–Trinajstić information content (AvgIpc) is 2.72. The lowest BCUT2D eigenvalue weighted by molar-refractivity contribution is -0.114. The van der Waals surface area contributed by atoms with E-state index < -0.39 is 0 Å². The number of anilines is 1. The summed E-state index contributed by atoms with van der Waals surface area (Å²) in [6, 6.07) is 1.74. The van der Waals surface area contributed by atoms with Gasteiger partial charge in [0.25, 0.3) is 5.91 Å². The van der Waals surface area contributed by atoms with Crippen molar-refractivity contribution in [1.29, 1.82) is 0 Å². The molecule has 6 heteroatoms. The number of nitrogens with one attached hydrogen (secondary N) is 2. The van der Waals surface area contributed by atoms with Gasteiger partial charge in [0.05, 0.1) is 17.4 Å². The Morgan fingerprint density at radius 2 is 2.25 bits per heavy atom. The van der Waals surface area contributed by atoms with E-state index in [0.29, 0.717) is 28.8 Å². The van der Waals surface area contributed by atoms with Crippen molar-refractivity contribution in [2.45, 2.75) is 6.92 Å². The summed E-state index contributed by atoms with van der Waals surface area (Å²) in [5.74, 6) is -0.378. The molecule has 20 heavy (non-hydrogen) atoms. The van der Waals surface area contributed by atoms with Crippen molar-refractivity contribution in [3.8, 4) is 0 Å². The van der Waals surface area contributed by atoms with Gasteiger partial charge in [-0.05, 0) is 6.07 Å². The number of nitrogens with zero attached hydrogens (tertiary/aromatic N) is 2. The fraction of sp³-hybridized carbons (Fsp3) is 0.214. The smallest absolute Gasteiger partial charge is 0.253 e. The lowest BCUT2D eigenvalue weighted by atomic mass is 10.2. The maximum atomic E-state index is 12.1. The van der Waals surface area contributed by atoms with Gasteiger partial charge in [0.2, 0.25) is 5.91 Å². The molecule has 2 heterocycles. The Labute approximate surface area is 116 Å². The molecule has 0 bridgehead atoms. The van der Waals surface area contributed by atoms with E-state index in [1.54, 1.807) is 29.1 Å². The number of carbonyl (C=O) groups excluding carboxylic acids is 2. The largest absolute Gasteiger partial charge is 0.349 e. The lowest BCUT2D eigenvalue weighted by Crippen LogP contribution is -2.22. The summed E-state index contributed by atoms with van der Waals surface area (Å²) in [7, 11) is 1.82. The zero-order chi connectivity index (χ0) is 14.7. The fourth-order valence-electron chi connectivity index (χ4n) is 1.97. The molecule has 0 saturated carbocycles. The second-order valence-corrected chi connectivity index (χ2v) is 4.43. The number of pyridine rings is 1. The molecule has 0 aliphatic carbocycles. The number of hydrogen-bond donors (Lipinski definition) is 2.